The van der Waals surface area contributed by atoms with E-state index in [1.54, 1.807) is 57.7 Å². The second kappa shape index (κ2) is 12.4. The van der Waals surface area contributed by atoms with Gasteiger partial charge in [-0.2, -0.15) is 0 Å². The first kappa shape index (κ1) is 31.9. The minimum absolute atomic E-state index is 0.379. The van der Waals surface area contributed by atoms with Crippen molar-refractivity contribution in [2.45, 2.75) is 0 Å². The first-order valence-corrected chi connectivity index (χ1v) is 17.8. The number of benzene rings is 7. The van der Waals surface area contributed by atoms with Gasteiger partial charge in [0.2, 0.25) is 0 Å². The summed E-state index contributed by atoms with van der Waals surface area (Å²) in [6.45, 7) is 0. The Morgan fingerprint density at radius 2 is 0.582 bits per heavy atom. The molecule has 0 unspecified atom stereocenters. The third kappa shape index (κ3) is 4.87. The van der Waals surface area contributed by atoms with Crippen molar-refractivity contribution in [3.8, 4) is 28.4 Å². The van der Waals surface area contributed by atoms with Crippen LogP contribution in [0.15, 0.2) is 195 Å². The zero-order valence-corrected chi connectivity index (χ0v) is 29.1. The van der Waals surface area contributed by atoms with Crippen LogP contribution in [0, 0.1) is 0 Å². The maximum absolute atomic E-state index is 14.4. The van der Waals surface area contributed by atoms with Gasteiger partial charge in [0.15, 0.2) is 0 Å². The van der Waals surface area contributed by atoms with Gasteiger partial charge in [-0.25, -0.2) is 18.7 Å². The Morgan fingerprint density at radius 1 is 0.255 bits per heavy atom. The number of hydrogen-bond acceptors (Lipinski definition) is 4. The highest BCUT2D eigenvalue weighted by atomic mass is 16.2. The van der Waals surface area contributed by atoms with E-state index < -0.39 is 22.5 Å². The fraction of sp³-hybridized carbons (Fsp3) is 0. The highest BCUT2D eigenvalue weighted by Gasteiger charge is 2.21. The average molecular weight is 716 g/mol. The quantitative estimate of drug-likeness (QED) is 0.183. The summed E-state index contributed by atoms with van der Waals surface area (Å²) in [4.78, 5) is 57.3. The second-order valence-electron chi connectivity index (χ2n) is 13.3. The van der Waals surface area contributed by atoms with Gasteiger partial charge < -0.3 is 4.57 Å². The van der Waals surface area contributed by atoms with Gasteiger partial charge in [-0.05, 0) is 97.1 Å². The van der Waals surface area contributed by atoms with Crippen LogP contribution in [-0.4, -0.2) is 22.8 Å². The Bertz CT molecular complexity index is 3190. The molecule has 0 fully saturated rings. The lowest BCUT2D eigenvalue weighted by Crippen LogP contribution is -2.38. The summed E-state index contributed by atoms with van der Waals surface area (Å²) in [5.74, 6) is 0. The summed E-state index contributed by atoms with van der Waals surface area (Å²) >= 11 is 0. The molecule has 9 heteroatoms. The molecule has 10 rings (SSSR count). The van der Waals surface area contributed by atoms with Gasteiger partial charge in [0.05, 0.1) is 55.6 Å². The molecule has 0 aliphatic rings. The third-order valence-corrected chi connectivity index (χ3v) is 10.2. The highest BCUT2D eigenvalue weighted by molar-refractivity contribution is 6.10. The molecule has 0 bridgehead atoms. The van der Waals surface area contributed by atoms with Gasteiger partial charge in [0, 0.05) is 16.5 Å². The minimum atomic E-state index is -0.508. The Hall–Kier alpha value is -7.78. The smallest absolute Gasteiger partial charge is 0.309 e. The summed E-state index contributed by atoms with van der Waals surface area (Å²) in [7, 11) is 0. The Morgan fingerprint density at radius 3 is 0.982 bits per heavy atom. The van der Waals surface area contributed by atoms with Crippen molar-refractivity contribution >= 4 is 43.6 Å². The van der Waals surface area contributed by atoms with E-state index in [1.165, 1.54) is 9.13 Å². The summed E-state index contributed by atoms with van der Waals surface area (Å²) in [5.41, 5.74) is 3.66. The zero-order chi connectivity index (χ0) is 37.2. The number of rotatable bonds is 5. The summed E-state index contributed by atoms with van der Waals surface area (Å²) in [6, 6.07) is 53.5. The summed E-state index contributed by atoms with van der Waals surface area (Å²) < 4.78 is 7.61. The van der Waals surface area contributed by atoms with Crippen molar-refractivity contribution in [3.05, 3.63) is 218 Å². The molecule has 7 aromatic carbocycles. The third-order valence-electron chi connectivity index (χ3n) is 10.2. The Labute approximate surface area is 311 Å². The molecule has 0 aliphatic heterocycles. The Balaban J connectivity index is 1.28. The fourth-order valence-electron chi connectivity index (χ4n) is 7.76. The number of aromatic nitrogens is 5. The lowest BCUT2D eigenvalue weighted by atomic mass is 10.1. The van der Waals surface area contributed by atoms with E-state index in [1.807, 2.05) is 127 Å². The molecule has 3 heterocycles. The molecular formula is C46H29N5O4. The predicted octanol–water partition coefficient (Wildman–Crippen LogP) is 7.69. The molecule has 10 aromatic rings. The van der Waals surface area contributed by atoms with Crippen molar-refractivity contribution in [1.29, 1.82) is 0 Å². The van der Waals surface area contributed by atoms with Crippen molar-refractivity contribution in [2.75, 3.05) is 0 Å². The van der Waals surface area contributed by atoms with Crippen LogP contribution in [0.4, 0.5) is 0 Å². The molecule has 55 heavy (non-hydrogen) atoms. The molecule has 0 spiro atoms. The minimum Gasteiger partial charge on any atom is -0.309 e. The van der Waals surface area contributed by atoms with E-state index in [0.29, 0.717) is 44.6 Å². The van der Waals surface area contributed by atoms with Crippen molar-refractivity contribution in [1.82, 2.24) is 22.8 Å². The maximum atomic E-state index is 14.4. The van der Waals surface area contributed by atoms with E-state index in [9.17, 15) is 19.2 Å². The Kier molecular flexibility index (Phi) is 7.21. The van der Waals surface area contributed by atoms with Crippen LogP contribution in [0.25, 0.3) is 72.0 Å². The van der Waals surface area contributed by atoms with Gasteiger partial charge in [-0.15, -0.1) is 0 Å². The molecule has 9 nitrogen and oxygen atoms in total. The van der Waals surface area contributed by atoms with Crippen molar-refractivity contribution in [3.63, 3.8) is 0 Å². The lowest BCUT2D eigenvalue weighted by molar-refractivity contribution is 0.835. The van der Waals surface area contributed by atoms with Gasteiger partial charge in [-0.1, -0.05) is 78.9 Å². The predicted molar refractivity (Wildman–Crippen MR) is 218 cm³/mol. The van der Waals surface area contributed by atoms with Crippen LogP contribution in [-0.2, 0) is 0 Å². The SMILES string of the molecule is O=c1c2ccccc2n(-c2ccccc2)c(=O)n1-c1ccc2c(c1)c1cc(-n3c(=O)c4ccccc4n(-c4ccccc4)c3=O)ccc1n2-c1ccccc1. The highest BCUT2D eigenvalue weighted by Crippen LogP contribution is 2.34. The molecule has 3 aromatic heterocycles. The lowest BCUT2D eigenvalue weighted by Gasteiger charge is -2.15. The number of fused-ring (bicyclic) bond motifs is 5. The maximum Gasteiger partial charge on any atom is 0.340 e. The van der Waals surface area contributed by atoms with Crippen LogP contribution >= 0.6 is 0 Å². The van der Waals surface area contributed by atoms with E-state index >= 15 is 0 Å². The number of hydrogen-bond donors (Lipinski definition) is 0. The molecule has 0 aliphatic carbocycles. The van der Waals surface area contributed by atoms with E-state index in [2.05, 4.69) is 4.57 Å². The van der Waals surface area contributed by atoms with Crippen LogP contribution in [0.5, 0.6) is 0 Å². The van der Waals surface area contributed by atoms with Crippen molar-refractivity contribution < 1.29 is 0 Å². The van der Waals surface area contributed by atoms with Crippen LogP contribution in [0.3, 0.4) is 0 Å². The zero-order valence-electron chi connectivity index (χ0n) is 29.1. The second-order valence-corrected chi connectivity index (χ2v) is 13.3. The normalized spacial score (nSPS) is 11.6. The van der Waals surface area contributed by atoms with Crippen molar-refractivity contribution in [2.24, 2.45) is 0 Å². The molecule has 0 radical (unpaired) electrons. The first-order valence-electron chi connectivity index (χ1n) is 17.8. The average Bonchev–Trinajstić information content (AvgIpc) is 3.55. The number of nitrogens with zero attached hydrogens (tertiary/aromatic N) is 5. The summed E-state index contributed by atoms with van der Waals surface area (Å²) in [5, 5.41) is 2.23. The monoisotopic (exact) mass is 715 g/mol. The molecule has 0 N–H and O–H groups in total. The van der Waals surface area contributed by atoms with Crippen LogP contribution in [0.1, 0.15) is 0 Å². The first-order chi connectivity index (χ1) is 27.0. The van der Waals surface area contributed by atoms with Gasteiger partial charge in [0.1, 0.15) is 0 Å². The molecular weight excluding hydrogens is 687 g/mol. The molecule has 0 atom stereocenters. The van der Waals surface area contributed by atoms with E-state index in [-0.39, 0.29) is 0 Å². The topological polar surface area (TPSA) is 92.9 Å². The van der Waals surface area contributed by atoms with Crippen LogP contribution in [0.2, 0.25) is 0 Å². The molecule has 262 valence electrons. The van der Waals surface area contributed by atoms with Gasteiger partial charge >= 0.3 is 11.4 Å². The van der Waals surface area contributed by atoms with Crippen LogP contribution < -0.4 is 22.5 Å². The summed E-state index contributed by atoms with van der Waals surface area (Å²) in [6.07, 6.45) is 0. The largest absolute Gasteiger partial charge is 0.340 e. The van der Waals surface area contributed by atoms with E-state index in [4.69, 9.17) is 0 Å². The molecule has 0 saturated heterocycles. The molecule has 0 amide bonds. The van der Waals surface area contributed by atoms with Gasteiger partial charge in [0.25, 0.3) is 11.1 Å². The molecule has 0 saturated carbocycles. The van der Waals surface area contributed by atoms with Gasteiger partial charge in [-0.3, -0.25) is 18.7 Å². The number of para-hydroxylation sites is 5. The fourth-order valence-corrected chi connectivity index (χ4v) is 7.76. The standard InChI is InChI=1S/C46H29N5O4/c52-43-35-20-10-12-22-39(35)48(31-16-6-2-7-17-31)45(54)50(43)33-24-26-41-37(28-33)38-29-34(25-27-42(38)47(41)30-14-4-1-5-15-30)51-44(53)36-21-11-13-23-40(36)49(46(51)55)32-18-8-3-9-19-32/h1-29H. The van der Waals surface area contributed by atoms with E-state index in [0.717, 1.165) is 27.5 Å².